The maximum atomic E-state index is 13.1. The number of nitrogens with zero attached hydrogens (tertiary/aromatic N) is 3. The smallest absolute Gasteiger partial charge is 0.410 e. The van der Waals surface area contributed by atoms with Crippen LogP contribution >= 0.6 is 0 Å². The topological polar surface area (TPSA) is 64.0 Å². The van der Waals surface area contributed by atoms with E-state index in [1.807, 2.05) is 74.9 Å². The average molecular weight is 442 g/mol. The zero-order valence-electron chi connectivity index (χ0n) is 19.8. The summed E-state index contributed by atoms with van der Waals surface area (Å²) in [6, 6.07) is 11.8. The Morgan fingerprint density at radius 3 is 2.50 bits per heavy atom. The molecule has 1 aliphatic rings. The quantitative estimate of drug-likeness (QED) is 0.661. The van der Waals surface area contributed by atoms with E-state index in [4.69, 9.17) is 9.47 Å². The summed E-state index contributed by atoms with van der Waals surface area (Å²) < 4.78 is 13.3. The molecule has 2 heterocycles. The number of hydrogen-bond donors (Lipinski definition) is 0. The van der Waals surface area contributed by atoms with Crippen molar-refractivity contribution in [2.75, 3.05) is 33.3 Å². The van der Waals surface area contributed by atoms with Crippen molar-refractivity contribution in [3.8, 4) is 5.75 Å². The second-order valence-electron chi connectivity index (χ2n) is 9.39. The normalized spacial score (nSPS) is 14.8. The predicted molar refractivity (Wildman–Crippen MR) is 124 cm³/mol. The lowest BCUT2D eigenvalue weighted by Crippen LogP contribution is -2.42. The summed E-state index contributed by atoms with van der Waals surface area (Å²) in [6.45, 7) is 9.80. The number of likely N-dealkylation sites (tertiary alicyclic amines) is 1. The van der Waals surface area contributed by atoms with Crippen molar-refractivity contribution in [3.63, 3.8) is 0 Å². The third kappa shape index (κ3) is 6.28. The summed E-state index contributed by atoms with van der Waals surface area (Å²) in [6.07, 6.45) is 3.26. The molecule has 2 aromatic rings. The molecule has 1 aromatic heterocycles. The van der Waals surface area contributed by atoms with E-state index in [9.17, 15) is 9.59 Å². The average Bonchev–Trinajstić information content (AvgIpc) is 3.22. The largest absolute Gasteiger partial charge is 0.492 e. The van der Waals surface area contributed by atoms with Gasteiger partial charge in [-0.3, -0.25) is 4.79 Å². The number of ether oxygens (including phenoxy) is 2. The predicted octanol–water partition coefficient (Wildman–Crippen LogP) is 4.52. The van der Waals surface area contributed by atoms with Gasteiger partial charge in [-0.2, -0.15) is 0 Å². The second kappa shape index (κ2) is 10.1. The van der Waals surface area contributed by atoms with Gasteiger partial charge in [0.05, 0.1) is 6.54 Å². The van der Waals surface area contributed by atoms with Crippen LogP contribution in [0.1, 0.15) is 55.7 Å². The second-order valence-corrected chi connectivity index (χ2v) is 9.39. The van der Waals surface area contributed by atoms with Gasteiger partial charge in [-0.1, -0.05) is 12.1 Å². The van der Waals surface area contributed by atoms with Gasteiger partial charge in [-0.15, -0.1) is 0 Å². The Morgan fingerprint density at radius 2 is 1.84 bits per heavy atom. The maximum absolute atomic E-state index is 13.1. The number of carbonyl (C=O) groups is 2. The molecule has 1 fully saturated rings. The van der Waals surface area contributed by atoms with Crippen molar-refractivity contribution in [3.05, 3.63) is 53.9 Å². The Bertz CT molecular complexity index is 923. The molecular weight excluding hydrogens is 406 g/mol. The zero-order chi connectivity index (χ0) is 23.3. The van der Waals surface area contributed by atoms with Gasteiger partial charge in [0.25, 0.3) is 5.91 Å². The Labute approximate surface area is 190 Å². The Balaban J connectivity index is 1.53. The number of piperidine rings is 1. The first-order valence-corrected chi connectivity index (χ1v) is 11.2. The van der Waals surface area contributed by atoms with Gasteiger partial charge >= 0.3 is 6.09 Å². The van der Waals surface area contributed by atoms with Crippen LogP contribution in [0.15, 0.2) is 42.6 Å². The molecule has 7 heteroatoms. The number of rotatable bonds is 6. The van der Waals surface area contributed by atoms with E-state index in [1.165, 1.54) is 0 Å². The molecule has 0 bridgehead atoms. The molecule has 32 heavy (non-hydrogen) atoms. The fraction of sp³-hybridized carbons (Fsp3) is 0.520. The lowest BCUT2D eigenvalue weighted by atomic mass is 10.0. The number of amides is 2. The van der Waals surface area contributed by atoms with Crippen molar-refractivity contribution in [1.29, 1.82) is 0 Å². The van der Waals surface area contributed by atoms with E-state index in [-0.39, 0.29) is 18.0 Å². The fourth-order valence-electron chi connectivity index (χ4n) is 3.85. The zero-order valence-corrected chi connectivity index (χ0v) is 19.8. The fourth-order valence-corrected chi connectivity index (χ4v) is 3.85. The molecule has 7 nitrogen and oxygen atoms in total. The summed E-state index contributed by atoms with van der Waals surface area (Å²) in [5, 5.41) is 0. The van der Waals surface area contributed by atoms with E-state index in [1.54, 1.807) is 16.8 Å². The van der Waals surface area contributed by atoms with Crippen LogP contribution < -0.4 is 4.74 Å². The van der Waals surface area contributed by atoms with E-state index in [0.29, 0.717) is 31.9 Å². The van der Waals surface area contributed by atoms with Crippen molar-refractivity contribution in [1.82, 2.24) is 14.4 Å². The van der Waals surface area contributed by atoms with Crippen LogP contribution in [-0.4, -0.2) is 65.3 Å². The third-order valence-corrected chi connectivity index (χ3v) is 5.54. The molecule has 2 amide bonds. The van der Waals surface area contributed by atoms with Gasteiger partial charge in [0.2, 0.25) is 0 Å². The first-order valence-electron chi connectivity index (χ1n) is 11.2. The minimum absolute atomic E-state index is 0.0302. The van der Waals surface area contributed by atoms with Crippen LogP contribution in [0, 0.1) is 6.92 Å². The molecule has 1 saturated heterocycles. The SMILES string of the molecule is Cc1cccc(OCCN(C)C(=O)c2cccn2C2CCN(C(=O)OC(C)(C)C)CC2)c1. The van der Waals surface area contributed by atoms with Gasteiger partial charge in [0.15, 0.2) is 0 Å². The third-order valence-electron chi connectivity index (χ3n) is 5.54. The number of carbonyl (C=O) groups excluding carboxylic acids is 2. The molecule has 0 radical (unpaired) electrons. The van der Waals surface area contributed by atoms with Gasteiger partial charge in [-0.25, -0.2) is 4.79 Å². The summed E-state index contributed by atoms with van der Waals surface area (Å²) in [5.74, 6) is 0.781. The molecule has 3 rings (SSSR count). The molecule has 0 atom stereocenters. The molecule has 1 aliphatic heterocycles. The van der Waals surface area contributed by atoms with Crippen LogP contribution in [0.3, 0.4) is 0 Å². The summed E-state index contributed by atoms with van der Waals surface area (Å²) >= 11 is 0. The van der Waals surface area contributed by atoms with E-state index in [0.717, 1.165) is 24.2 Å². The number of benzene rings is 1. The first kappa shape index (κ1) is 23.7. The Morgan fingerprint density at radius 1 is 1.12 bits per heavy atom. The van der Waals surface area contributed by atoms with Crippen LogP contribution in [0.4, 0.5) is 4.79 Å². The Hall–Kier alpha value is -2.96. The van der Waals surface area contributed by atoms with Crippen LogP contribution in [0.25, 0.3) is 0 Å². The lowest BCUT2D eigenvalue weighted by molar-refractivity contribution is 0.0186. The molecule has 0 N–H and O–H groups in total. The van der Waals surface area contributed by atoms with E-state index < -0.39 is 5.60 Å². The number of aromatic nitrogens is 1. The molecule has 174 valence electrons. The monoisotopic (exact) mass is 441 g/mol. The van der Waals surface area contributed by atoms with Crippen molar-refractivity contribution in [2.24, 2.45) is 0 Å². The number of aryl methyl sites for hydroxylation is 1. The molecule has 1 aromatic carbocycles. The van der Waals surface area contributed by atoms with E-state index in [2.05, 4.69) is 0 Å². The highest BCUT2D eigenvalue weighted by Gasteiger charge is 2.29. The standard InChI is InChI=1S/C25H35N3O4/c1-19-8-6-9-21(18-19)31-17-16-26(5)23(29)22-10-7-13-28(22)20-11-14-27(15-12-20)24(30)32-25(2,3)4/h6-10,13,18,20H,11-12,14-17H2,1-5H3. The van der Waals surface area contributed by atoms with Crippen LogP contribution in [-0.2, 0) is 4.74 Å². The first-order chi connectivity index (χ1) is 15.1. The van der Waals surface area contributed by atoms with Crippen molar-refractivity contribution in [2.45, 2.75) is 52.2 Å². The summed E-state index contributed by atoms with van der Waals surface area (Å²) in [7, 11) is 1.80. The van der Waals surface area contributed by atoms with Crippen molar-refractivity contribution < 1.29 is 19.1 Å². The minimum Gasteiger partial charge on any atom is -0.492 e. The minimum atomic E-state index is -0.498. The molecule has 0 saturated carbocycles. The summed E-state index contributed by atoms with van der Waals surface area (Å²) in [5.41, 5.74) is 1.31. The molecular formula is C25H35N3O4. The molecule has 0 unspecified atom stereocenters. The van der Waals surface area contributed by atoms with Crippen molar-refractivity contribution >= 4 is 12.0 Å². The number of likely N-dealkylation sites (N-methyl/N-ethyl adjacent to an activating group) is 1. The van der Waals surface area contributed by atoms with Gasteiger partial charge in [-0.05, 0) is 70.4 Å². The van der Waals surface area contributed by atoms with Crippen LogP contribution in [0.5, 0.6) is 5.75 Å². The maximum Gasteiger partial charge on any atom is 0.410 e. The van der Waals surface area contributed by atoms with E-state index >= 15 is 0 Å². The number of hydrogen-bond acceptors (Lipinski definition) is 4. The lowest BCUT2D eigenvalue weighted by Gasteiger charge is -2.34. The van der Waals surface area contributed by atoms with Crippen LogP contribution in [0.2, 0.25) is 0 Å². The highest BCUT2D eigenvalue weighted by Crippen LogP contribution is 2.26. The van der Waals surface area contributed by atoms with Gasteiger partial charge in [0, 0.05) is 32.4 Å². The molecule has 0 aliphatic carbocycles. The van der Waals surface area contributed by atoms with Gasteiger partial charge < -0.3 is 23.8 Å². The molecule has 0 spiro atoms. The highest BCUT2D eigenvalue weighted by molar-refractivity contribution is 5.92. The highest BCUT2D eigenvalue weighted by atomic mass is 16.6. The summed E-state index contributed by atoms with van der Waals surface area (Å²) in [4.78, 5) is 28.8. The Kier molecular flexibility index (Phi) is 7.48. The van der Waals surface area contributed by atoms with Gasteiger partial charge in [0.1, 0.15) is 23.7 Å².